The van der Waals surface area contributed by atoms with Gasteiger partial charge >= 0.3 is 18.4 Å². The predicted molar refractivity (Wildman–Crippen MR) is 119 cm³/mol. The zero-order valence-corrected chi connectivity index (χ0v) is 18.9. The molecule has 0 saturated heterocycles. The van der Waals surface area contributed by atoms with E-state index in [2.05, 4.69) is 30.3 Å². The lowest BCUT2D eigenvalue weighted by molar-refractivity contribution is -0.154. The molecule has 0 amide bonds. The first kappa shape index (κ1) is 26.7. The van der Waals surface area contributed by atoms with Crippen LogP contribution in [0.3, 0.4) is 0 Å². The number of Topliss-reactive ketones (excluding diaryl/α,β-unsaturated/α-hetero) is 1. The number of nitrogens with zero attached hydrogens (tertiary/aromatic N) is 3. The highest BCUT2D eigenvalue weighted by Crippen LogP contribution is 2.31. The summed E-state index contributed by atoms with van der Waals surface area (Å²) in [5.74, 6) is -0.501. The molecule has 0 unspecified atom stereocenters. The summed E-state index contributed by atoms with van der Waals surface area (Å²) in [5, 5.41) is 5.33. The second kappa shape index (κ2) is 11.2. The molecule has 0 aliphatic heterocycles. The Balaban J connectivity index is 1.79. The minimum Gasteiger partial charge on any atom is -0.454 e. The van der Waals surface area contributed by atoms with E-state index < -0.39 is 30.5 Å². The van der Waals surface area contributed by atoms with Crippen LogP contribution in [0.15, 0.2) is 48.5 Å². The third kappa shape index (κ3) is 8.10. The molecule has 1 heterocycles. The van der Waals surface area contributed by atoms with Crippen LogP contribution in [0, 0.1) is 0 Å². The third-order valence-electron chi connectivity index (χ3n) is 4.63. The molecule has 7 nitrogen and oxygen atoms in total. The summed E-state index contributed by atoms with van der Waals surface area (Å²) >= 11 is 0. The minimum absolute atomic E-state index is 0.00578. The van der Waals surface area contributed by atoms with Crippen LogP contribution in [-0.2, 0) is 12.7 Å². The third-order valence-corrected chi connectivity index (χ3v) is 4.63. The Hall–Kier alpha value is -3.90. The highest BCUT2D eigenvalue weighted by atomic mass is 19.4. The van der Waals surface area contributed by atoms with Gasteiger partial charge in [-0.3, -0.25) is 4.79 Å². The van der Waals surface area contributed by atoms with Crippen LogP contribution >= 0.6 is 0 Å². The Morgan fingerprint density at radius 2 is 1.64 bits per heavy atom. The zero-order valence-electron chi connectivity index (χ0n) is 18.9. The van der Waals surface area contributed by atoms with E-state index >= 15 is 0 Å². The molecule has 0 bridgehead atoms. The smallest absolute Gasteiger partial charge is 0.422 e. The number of ether oxygens (including phenoxy) is 1. The maximum absolute atomic E-state index is 13.0. The first-order valence-electron chi connectivity index (χ1n) is 10.7. The summed E-state index contributed by atoms with van der Waals surface area (Å²) in [7, 11) is 0. The van der Waals surface area contributed by atoms with Crippen molar-refractivity contribution in [3.05, 3.63) is 65.2 Å². The van der Waals surface area contributed by atoms with E-state index in [4.69, 9.17) is 0 Å². The molecular formula is C23H21F6N5O2. The van der Waals surface area contributed by atoms with E-state index in [1.54, 1.807) is 24.3 Å². The van der Waals surface area contributed by atoms with Crippen LogP contribution < -0.4 is 15.4 Å². The molecule has 0 aliphatic carbocycles. The maximum Gasteiger partial charge on any atom is 0.422 e. The molecule has 1 aromatic heterocycles. The quantitative estimate of drug-likeness (QED) is 0.248. The molecule has 0 radical (unpaired) electrons. The van der Waals surface area contributed by atoms with Crippen LogP contribution in [0.25, 0.3) is 0 Å². The number of anilines is 3. The van der Waals surface area contributed by atoms with Crippen molar-refractivity contribution in [2.75, 3.05) is 17.2 Å². The molecule has 0 spiro atoms. The van der Waals surface area contributed by atoms with Crippen molar-refractivity contribution in [3.63, 3.8) is 0 Å². The van der Waals surface area contributed by atoms with Gasteiger partial charge in [-0.05, 0) is 30.2 Å². The summed E-state index contributed by atoms with van der Waals surface area (Å²) in [6.45, 7) is 0.356. The fraction of sp³-hybridized carbons (Fsp3) is 0.304. The van der Waals surface area contributed by atoms with E-state index in [-0.39, 0.29) is 29.9 Å². The summed E-state index contributed by atoms with van der Waals surface area (Å²) < 4.78 is 81.4. The van der Waals surface area contributed by atoms with Crippen molar-refractivity contribution in [2.24, 2.45) is 0 Å². The van der Waals surface area contributed by atoms with Crippen LogP contribution in [0.2, 0.25) is 0 Å². The van der Waals surface area contributed by atoms with Crippen molar-refractivity contribution in [3.8, 4) is 6.01 Å². The minimum atomic E-state index is -4.66. The first-order chi connectivity index (χ1) is 16.9. The van der Waals surface area contributed by atoms with Crippen molar-refractivity contribution in [1.82, 2.24) is 15.0 Å². The van der Waals surface area contributed by atoms with Gasteiger partial charge in [0.05, 0.1) is 5.56 Å². The van der Waals surface area contributed by atoms with Crippen molar-refractivity contribution < 1.29 is 35.9 Å². The fourth-order valence-electron chi connectivity index (χ4n) is 2.97. The van der Waals surface area contributed by atoms with Crippen LogP contribution in [0.5, 0.6) is 6.01 Å². The number of hydrogen-bond donors (Lipinski definition) is 2. The molecule has 0 fully saturated rings. The molecule has 0 aliphatic rings. The summed E-state index contributed by atoms with van der Waals surface area (Å²) in [6.07, 6.45) is -8.12. The SMILES string of the molecule is CCCC(=O)c1ccc(CNc2nc(Nc3cccc(C(F)(F)F)c3)nc(OCC(F)(F)F)n2)cc1. The Bertz CT molecular complexity index is 1180. The van der Waals surface area contributed by atoms with E-state index in [9.17, 15) is 31.1 Å². The van der Waals surface area contributed by atoms with Gasteiger partial charge in [-0.15, -0.1) is 0 Å². The lowest BCUT2D eigenvalue weighted by Gasteiger charge is -2.13. The monoisotopic (exact) mass is 513 g/mol. The Kier molecular flexibility index (Phi) is 8.33. The van der Waals surface area contributed by atoms with Gasteiger partial charge in [0.15, 0.2) is 12.4 Å². The molecule has 3 rings (SSSR count). The van der Waals surface area contributed by atoms with Gasteiger partial charge in [0.25, 0.3) is 0 Å². The molecule has 0 atom stereocenters. The number of carbonyl (C=O) groups is 1. The molecule has 0 saturated carbocycles. The first-order valence-corrected chi connectivity index (χ1v) is 10.7. The van der Waals surface area contributed by atoms with Crippen LogP contribution in [0.1, 0.15) is 41.3 Å². The molecule has 36 heavy (non-hydrogen) atoms. The maximum atomic E-state index is 13.0. The van der Waals surface area contributed by atoms with E-state index in [0.717, 1.165) is 24.6 Å². The highest BCUT2D eigenvalue weighted by molar-refractivity contribution is 5.96. The normalized spacial score (nSPS) is 11.8. The number of aromatic nitrogens is 3. The number of hydrogen-bond acceptors (Lipinski definition) is 7. The Morgan fingerprint density at radius 3 is 2.28 bits per heavy atom. The molecule has 192 valence electrons. The number of benzene rings is 2. The topological polar surface area (TPSA) is 89.0 Å². The van der Waals surface area contributed by atoms with E-state index in [0.29, 0.717) is 17.5 Å². The van der Waals surface area contributed by atoms with Gasteiger partial charge in [-0.25, -0.2) is 0 Å². The van der Waals surface area contributed by atoms with Crippen LogP contribution in [0.4, 0.5) is 43.9 Å². The number of carbonyl (C=O) groups excluding carboxylic acids is 1. The summed E-state index contributed by atoms with van der Waals surface area (Å²) in [6, 6.07) is 10.1. The zero-order chi connectivity index (χ0) is 26.3. The summed E-state index contributed by atoms with van der Waals surface area (Å²) in [4.78, 5) is 23.5. The van der Waals surface area contributed by atoms with Gasteiger partial charge in [-0.1, -0.05) is 37.3 Å². The predicted octanol–water partition coefficient (Wildman–Crippen LogP) is 6.17. The van der Waals surface area contributed by atoms with Gasteiger partial charge in [0.2, 0.25) is 11.9 Å². The number of rotatable bonds is 10. The van der Waals surface area contributed by atoms with E-state index in [1.165, 1.54) is 6.07 Å². The number of ketones is 1. The number of alkyl halides is 6. The molecule has 2 aromatic carbocycles. The van der Waals surface area contributed by atoms with Crippen molar-refractivity contribution >= 4 is 23.4 Å². The fourth-order valence-corrected chi connectivity index (χ4v) is 2.97. The van der Waals surface area contributed by atoms with Gasteiger partial charge < -0.3 is 15.4 Å². The average Bonchev–Trinajstić information content (AvgIpc) is 2.81. The largest absolute Gasteiger partial charge is 0.454 e. The molecule has 2 N–H and O–H groups in total. The lowest BCUT2D eigenvalue weighted by atomic mass is 10.1. The van der Waals surface area contributed by atoms with Crippen molar-refractivity contribution in [1.29, 1.82) is 0 Å². The summed E-state index contributed by atoms with van der Waals surface area (Å²) in [5.41, 5.74) is 0.287. The molecule has 13 heteroatoms. The lowest BCUT2D eigenvalue weighted by Crippen LogP contribution is -2.21. The highest BCUT2D eigenvalue weighted by Gasteiger charge is 2.31. The van der Waals surface area contributed by atoms with Crippen molar-refractivity contribution in [2.45, 2.75) is 38.7 Å². The molecular weight excluding hydrogens is 492 g/mol. The van der Waals surface area contributed by atoms with Gasteiger partial charge in [0, 0.05) is 24.2 Å². The Labute approximate surface area is 201 Å². The van der Waals surface area contributed by atoms with Gasteiger partial charge in [-0.2, -0.15) is 41.3 Å². The van der Waals surface area contributed by atoms with Crippen LogP contribution in [-0.4, -0.2) is 33.5 Å². The standard InChI is InChI=1S/C23H21F6N5O2/c1-2-4-18(35)15-9-7-14(8-10-15)12-30-19-32-20(34-21(33-19)36-13-22(24,25)26)31-17-6-3-5-16(11-17)23(27,28)29/h3,5-11H,2,4,12-13H2,1H3,(H2,30,31,32,33,34). The Morgan fingerprint density at radius 1 is 0.944 bits per heavy atom. The average molecular weight is 513 g/mol. The number of halogens is 6. The second-order valence-electron chi connectivity index (χ2n) is 7.60. The van der Waals surface area contributed by atoms with Gasteiger partial charge in [0.1, 0.15) is 0 Å². The van der Waals surface area contributed by atoms with E-state index in [1.807, 2.05) is 6.92 Å². The second-order valence-corrected chi connectivity index (χ2v) is 7.60. The molecule has 3 aromatic rings. The number of nitrogens with one attached hydrogen (secondary N) is 2.